The Balaban J connectivity index is 1.47. The quantitative estimate of drug-likeness (QED) is 0.392. The van der Waals surface area contributed by atoms with Crippen molar-refractivity contribution >= 4 is 28.5 Å². The van der Waals surface area contributed by atoms with Gasteiger partial charge in [0, 0.05) is 23.1 Å². The minimum absolute atomic E-state index is 0.0757. The van der Waals surface area contributed by atoms with Crippen molar-refractivity contribution in [2.24, 2.45) is 0 Å². The molecule has 3 N–H and O–H groups in total. The highest BCUT2D eigenvalue weighted by atomic mass is 19.1. The van der Waals surface area contributed by atoms with Crippen LogP contribution in [0.15, 0.2) is 48.5 Å². The summed E-state index contributed by atoms with van der Waals surface area (Å²) >= 11 is 0. The summed E-state index contributed by atoms with van der Waals surface area (Å²) in [4.78, 5) is 9.41. The number of anilines is 3. The first-order valence-corrected chi connectivity index (χ1v) is 10.2. The van der Waals surface area contributed by atoms with Crippen molar-refractivity contribution in [1.29, 1.82) is 0 Å². The Morgan fingerprint density at radius 2 is 1.87 bits per heavy atom. The normalized spacial score (nSPS) is 14.6. The van der Waals surface area contributed by atoms with E-state index < -0.39 is 0 Å². The molecule has 0 bridgehead atoms. The minimum Gasteiger partial charge on any atom is -0.348 e. The van der Waals surface area contributed by atoms with E-state index in [9.17, 15) is 4.39 Å². The molecule has 5 rings (SSSR count). The lowest BCUT2D eigenvalue weighted by Gasteiger charge is -2.16. The fourth-order valence-electron chi connectivity index (χ4n) is 3.56. The second-order valence-electron chi connectivity index (χ2n) is 7.94. The van der Waals surface area contributed by atoms with Gasteiger partial charge in [-0.05, 0) is 56.5 Å². The van der Waals surface area contributed by atoms with Crippen LogP contribution in [-0.2, 0) is 0 Å². The van der Waals surface area contributed by atoms with Gasteiger partial charge in [0.15, 0.2) is 5.82 Å². The van der Waals surface area contributed by atoms with Gasteiger partial charge >= 0.3 is 0 Å². The summed E-state index contributed by atoms with van der Waals surface area (Å²) in [7, 11) is 0. The number of aromatic nitrogens is 4. The number of aryl methyl sites for hydroxylation is 1. The summed E-state index contributed by atoms with van der Waals surface area (Å²) in [5.74, 6) is 2.30. The smallest absolute Gasteiger partial charge is 0.225 e. The molecule has 0 unspecified atom stereocenters. The Labute approximate surface area is 174 Å². The van der Waals surface area contributed by atoms with Crippen molar-refractivity contribution in [3.8, 4) is 0 Å². The molecule has 1 fully saturated rings. The molecule has 0 radical (unpaired) electrons. The predicted octanol–water partition coefficient (Wildman–Crippen LogP) is 5.59. The van der Waals surface area contributed by atoms with E-state index in [0.717, 1.165) is 33.5 Å². The van der Waals surface area contributed by atoms with Crippen LogP contribution in [0.25, 0.3) is 10.9 Å². The molecule has 2 heterocycles. The van der Waals surface area contributed by atoms with Gasteiger partial charge in [-0.15, -0.1) is 0 Å². The maximum Gasteiger partial charge on any atom is 0.225 e. The first-order chi connectivity index (χ1) is 14.5. The lowest BCUT2D eigenvalue weighted by atomic mass is 10.1. The van der Waals surface area contributed by atoms with E-state index in [2.05, 4.69) is 37.9 Å². The zero-order valence-corrected chi connectivity index (χ0v) is 16.9. The molecule has 152 valence electrons. The Bertz CT molecular complexity index is 1200. The molecule has 2 aromatic carbocycles. The monoisotopic (exact) mass is 402 g/mol. The number of benzene rings is 2. The molecule has 0 aliphatic heterocycles. The number of H-pyrrole nitrogens is 1. The van der Waals surface area contributed by atoms with Crippen LogP contribution in [0.5, 0.6) is 0 Å². The molecule has 30 heavy (non-hydrogen) atoms. The fourth-order valence-corrected chi connectivity index (χ4v) is 3.56. The standard InChI is InChI=1S/C23H23FN6/c1-13-3-10-19-18(11-13)22(27-21-12-20(29-30-21)16-4-5-16)28-23(26-19)25-14(2)15-6-8-17(24)9-7-15/h3,6-12,14,16H,4-5H2,1-2H3,(H3,25,26,27,28,29,30)/t14-/m0/s1. The van der Waals surface area contributed by atoms with E-state index in [4.69, 9.17) is 4.98 Å². The SMILES string of the molecule is Cc1ccc2nc(N[C@@H](C)c3ccc(F)cc3)nc(Nc3cc(C4CC4)[nH]n3)c2c1. The van der Waals surface area contributed by atoms with Crippen molar-refractivity contribution < 1.29 is 4.39 Å². The Hall–Kier alpha value is -3.48. The molecular formula is C23H23FN6. The number of nitrogens with zero attached hydrogens (tertiary/aromatic N) is 3. The Kier molecular flexibility index (Phi) is 4.58. The molecular weight excluding hydrogens is 379 g/mol. The lowest BCUT2D eigenvalue weighted by molar-refractivity contribution is 0.626. The third kappa shape index (κ3) is 3.83. The van der Waals surface area contributed by atoms with Gasteiger partial charge in [-0.2, -0.15) is 10.1 Å². The fraction of sp³-hybridized carbons (Fsp3) is 0.261. The van der Waals surface area contributed by atoms with Gasteiger partial charge in [0.25, 0.3) is 0 Å². The largest absolute Gasteiger partial charge is 0.348 e. The summed E-state index contributed by atoms with van der Waals surface area (Å²) in [6, 6.07) is 14.5. The van der Waals surface area contributed by atoms with Gasteiger partial charge in [0.1, 0.15) is 11.6 Å². The third-order valence-electron chi connectivity index (χ3n) is 5.43. The van der Waals surface area contributed by atoms with Crippen LogP contribution in [0.4, 0.5) is 22.0 Å². The number of rotatable bonds is 6. The van der Waals surface area contributed by atoms with Crippen LogP contribution in [0.1, 0.15) is 48.5 Å². The topological polar surface area (TPSA) is 78.5 Å². The van der Waals surface area contributed by atoms with Gasteiger partial charge < -0.3 is 10.6 Å². The molecule has 0 spiro atoms. The Morgan fingerprint density at radius 3 is 2.63 bits per heavy atom. The summed E-state index contributed by atoms with van der Waals surface area (Å²) < 4.78 is 13.2. The molecule has 2 aromatic heterocycles. The molecule has 1 atom stereocenters. The number of hydrogen-bond acceptors (Lipinski definition) is 5. The van der Waals surface area contributed by atoms with E-state index in [-0.39, 0.29) is 11.9 Å². The van der Waals surface area contributed by atoms with Crippen molar-refractivity contribution in [3.05, 3.63) is 71.2 Å². The lowest BCUT2D eigenvalue weighted by Crippen LogP contribution is -2.11. The number of fused-ring (bicyclic) bond motifs is 1. The minimum atomic E-state index is -0.251. The molecule has 1 aliphatic carbocycles. The van der Waals surface area contributed by atoms with Crippen molar-refractivity contribution in [1.82, 2.24) is 20.2 Å². The third-order valence-corrected chi connectivity index (χ3v) is 5.43. The van der Waals surface area contributed by atoms with Gasteiger partial charge in [0.05, 0.1) is 11.6 Å². The molecule has 0 saturated heterocycles. The molecule has 0 amide bonds. The van der Waals surface area contributed by atoms with E-state index in [1.807, 2.05) is 26.0 Å². The number of nitrogens with one attached hydrogen (secondary N) is 3. The molecule has 6 nitrogen and oxygen atoms in total. The molecule has 1 aliphatic rings. The first-order valence-electron chi connectivity index (χ1n) is 10.2. The van der Waals surface area contributed by atoms with Gasteiger partial charge in [-0.25, -0.2) is 9.37 Å². The van der Waals surface area contributed by atoms with Gasteiger partial charge in [-0.1, -0.05) is 23.8 Å². The average molecular weight is 402 g/mol. The highest BCUT2D eigenvalue weighted by Gasteiger charge is 2.25. The van der Waals surface area contributed by atoms with Crippen molar-refractivity contribution in [2.45, 2.75) is 38.6 Å². The van der Waals surface area contributed by atoms with Crippen LogP contribution in [0.3, 0.4) is 0 Å². The predicted molar refractivity (Wildman–Crippen MR) is 117 cm³/mol. The van der Waals surface area contributed by atoms with Crippen LogP contribution in [0, 0.1) is 12.7 Å². The number of hydrogen-bond donors (Lipinski definition) is 3. The number of halogens is 1. The van der Waals surface area contributed by atoms with E-state index in [1.165, 1.54) is 25.0 Å². The highest BCUT2D eigenvalue weighted by molar-refractivity contribution is 5.92. The maximum absolute atomic E-state index is 13.2. The maximum atomic E-state index is 13.2. The second kappa shape index (κ2) is 7.40. The van der Waals surface area contributed by atoms with Crippen LogP contribution >= 0.6 is 0 Å². The first kappa shape index (κ1) is 18.5. The molecule has 7 heteroatoms. The molecule has 4 aromatic rings. The van der Waals surface area contributed by atoms with E-state index >= 15 is 0 Å². The van der Waals surface area contributed by atoms with Gasteiger partial charge in [-0.3, -0.25) is 5.10 Å². The van der Waals surface area contributed by atoms with E-state index in [0.29, 0.717) is 17.7 Å². The van der Waals surface area contributed by atoms with Gasteiger partial charge in [0.2, 0.25) is 5.95 Å². The van der Waals surface area contributed by atoms with Crippen molar-refractivity contribution in [2.75, 3.05) is 10.6 Å². The summed E-state index contributed by atoms with van der Waals surface area (Å²) in [5, 5.41) is 15.1. The zero-order valence-electron chi connectivity index (χ0n) is 16.9. The Morgan fingerprint density at radius 1 is 1.07 bits per heavy atom. The summed E-state index contributed by atoms with van der Waals surface area (Å²) in [6.45, 7) is 4.05. The van der Waals surface area contributed by atoms with Crippen LogP contribution < -0.4 is 10.6 Å². The average Bonchev–Trinajstić information content (AvgIpc) is 3.48. The van der Waals surface area contributed by atoms with E-state index in [1.54, 1.807) is 12.1 Å². The highest BCUT2D eigenvalue weighted by Crippen LogP contribution is 2.40. The number of aromatic amines is 1. The second-order valence-corrected chi connectivity index (χ2v) is 7.94. The van der Waals surface area contributed by atoms with Crippen LogP contribution in [0.2, 0.25) is 0 Å². The van der Waals surface area contributed by atoms with Crippen LogP contribution in [-0.4, -0.2) is 20.2 Å². The zero-order chi connectivity index (χ0) is 20.7. The van der Waals surface area contributed by atoms with Crippen molar-refractivity contribution in [3.63, 3.8) is 0 Å². The summed E-state index contributed by atoms with van der Waals surface area (Å²) in [6.07, 6.45) is 2.43. The molecule has 1 saturated carbocycles. The summed E-state index contributed by atoms with van der Waals surface area (Å²) in [5.41, 5.74) is 4.09.